The minimum atomic E-state index is -0.431. The van der Waals surface area contributed by atoms with Gasteiger partial charge in [0.15, 0.2) is 0 Å². The Kier molecular flexibility index (Phi) is 67.5. The van der Waals surface area contributed by atoms with Crippen LogP contribution in [0.3, 0.4) is 0 Å². The molecular formula is C55H105N11O2S6. The zero-order valence-electron chi connectivity index (χ0n) is 49.2. The zero-order valence-corrected chi connectivity index (χ0v) is 54.1. The summed E-state index contributed by atoms with van der Waals surface area (Å²) >= 11 is 27.1. The molecule has 13 nitrogen and oxygen atoms in total. The number of carbonyl (C=O) groups excluding carboxylic acids is 1. The highest BCUT2D eigenvalue weighted by Crippen LogP contribution is 2.29. The van der Waals surface area contributed by atoms with Gasteiger partial charge in [-0.2, -0.15) is 0 Å². The lowest BCUT2D eigenvalue weighted by atomic mass is 9.81. The van der Waals surface area contributed by atoms with E-state index in [9.17, 15) is 4.79 Å². The molecule has 1 saturated carbocycles. The fourth-order valence-electron chi connectivity index (χ4n) is 6.72. The standard InChI is InChI=1S/C14H23NO2S.C10H20N2S.3C8H16N2S.C7H14N2S/c1-14(2,3)17-13(16)15-10-12-6-4-5-11(9-12)7-8-18;1-12(2)9-7-5-3-4-6-8-11-10-13;2*1-8(9-7-11)5-4-6-10(2)3;1-10(2)7-5-3-4-6-9-8-11;1-9(2)6-4-3-5-8-7-10/h7,11-12H,4-6,9-10H2,1-3H3,(H,15,16);3-9H2,1-2H3;2*8H,4-6H2,1-3H3;3-7H2,1-2H3;3-6H2,1-2H3/t;;2*8-;;/m..10../s1. The largest absolute Gasteiger partial charge is 0.444 e. The van der Waals surface area contributed by atoms with Gasteiger partial charge in [-0.15, -0.1) is 0 Å². The average molecular weight is 1140 g/mol. The summed E-state index contributed by atoms with van der Waals surface area (Å²) < 4.78 is 5.22. The molecule has 0 spiro atoms. The van der Waals surface area contributed by atoms with E-state index < -0.39 is 5.60 Å². The summed E-state index contributed by atoms with van der Waals surface area (Å²) in [6.45, 7) is 18.7. The monoisotopic (exact) mass is 1140 g/mol. The lowest BCUT2D eigenvalue weighted by Crippen LogP contribution is -2.36. The van der Waals surface area contributed by atoms with Crippen molar-refractivity contribution in [2.45, 2.75) is 168 Å². The highest BCUT2D eigenvalue weighted by molar-refractivity contribution is 7.79. The van der Waals surface area contributed by atoms with Crippen LogP contribution < -0.4 is 5.32 Å². The summed E-state index contributed by atoms with van der Waals surface area (Å²) in [5, 5.41) is 17.5. The van der Waals surface area contributed by atoms with Gasteiger partial charge in [-0.25, -0.2) is 29.8 Å². The van der Waals surface area contributed by atoms with Crippen LogP contribution in [0.5, 0.6) is 0 Å². The van der Waals surface area contributed by atoms with Gasteiger partial charge >= 0.3 is 6.09 Å². The molecule has 2 unspecified atom stereocenters. The fourth-order valence-corrected chi connectivity index (χ4v) is 7.55. The highest BCUT2D eigenvalue weighted by Gasteiger charge is 2.22. The smallest absolute Gasteiger partial charge is 0.407 e. The minimum Gasteiger partial charge on any atom is -0.444 e. The Balaban J connectivity index is -0.000000261. The normalized spacial score (nSPS) is 14.1. The van der Waals surface area contributed by atoms with Crippen molar-refractivity contribution in [1.29, 1.82) is 0 Å². The molecule has 1 amide bonds. The van der Waals surface area contributed by atoms with Gasteiger partial charge < -0.3 is 34.6 Å². The predicted molar refractivity (Wildman–Crippen MR) is 343 cm³/mol. The first-order valence-electron chi connectivity index (χ1n) is 26.7. The molecule has 0 aromatic rings. The van der Waals surface area contributed by atoms with E-state index in [4.69, 9.17) is 17.0 Å². The lowest BCUT2D eigenvalue weighted by Gasteiger charge is -2.27. The first kappa shape index (κ1) is 80.8. The topological polar surface area (TPSA) is 116 Å². The van der Waals surface area contributed by atoms with Crippen molar-refractivity contribution >= 4 is 110 Å². The van der Waals surface area contributed by atoms with E-state index in [0.717, 1.165) is 84.2 Å². The van der Waals surface area contributed by atoms with E-state index in [1.54, 1.807) is 0 Å². The highest BCUT2D eigenvalue weighted by atomic mass is 32.1. The molecule has 0 aliphatic heterocycles. The van der Waals surface area contributed by atoms with Crippen LogP contribution in [0.4, 0.5) is 4.79 Å². The van der Waals surface area contributed by atoms with Crippen LogP contribution in [-0.4, -0.2) is 208 Å². The number of hydrogen-bond acceptors (Lipinski definition) is 18. The summed E-state index contributed by atoms with van der Waals surface area (Å²) in [4.78, 5) is 41.9. The number of unbranched alkanes of at least 4 members (excludes halogenated alkanes) is 7. The third kappa shape index (κ3) is 81.3. The maximum atomic E-state index is 11.5. The number of nitrogens with one attached hydrogen (secondary N) is 1. The van der Waals surface area contributed by atoms with E-state index in [-0.39, 0.29) is 6.09 Å². The van der Waals surface area contributed by atoms with Gasteiger partial charge in [-0.1, -0.05) is 37.1 Å². The van der Waals surface area contributed by atoms with Crippen LogP contribution >= 0.6 is 73.3 Å². The van der Waals surface area contributed by atoms with Crippen LogP contribution in [-0.2, 0) is 4.74 Å². The van der Waals surface area contributed by atoms with Gasteiger partial charge in [0, 0.05) is 26.2 Å². The van der Waals surface area contributed by atoms with Crippen molar-refractivity contribution < 1.29 is 9.53 Å². The number of allylic oxidation sites excluding steroid dienone is 1. The van der Waals surface area contributed by atoms with Gasteiger partial charge in [0.2, 0.25) is 0 Å². The van der Waals surface area contributed by atoms with E-state index in [0.29, 0.717) is 30.5 Å². The zero-order chi connectivity index (χ0) is 57.3. The quantitative estimate of drug-likeness (QED) is 0.0392. The second kappa shape index (κ2) is 61.8. The Morgan fingerprint density at radius 3 is 1.27 bits per heavy atom. The number of aliphatic imine (C=N–C) groups is 5. The summed E-state index contributed by atoms with van der Waals surface area (Å²) in [6.07, 6.45) is 23.1. The third-order valence-corrected chi connectivity index (χ3v) is 11.4. The van der Waals surface area contributed by atoms with Gasteiger partial charge in [0.25, 0.3) is 0 Å². The third-order valence-electron chi connectivity index (χ3n) is 10.6. The molecule has 0 bridgehead atoms. The van der Waals surface area contributed by atoms with Crippen molar-refractivity contribution in [3.63, 3.8) is 0 Å². The Bertz CT molecular complexity index is 1560. The van der Waals surface area contributed by atoms with Crippen molar-refractivity contribution in [1.82, 2.24) is 29.8 Å². The summed E-state index contributed by atoms with van der Waals surface area (Å²) in [7, 11) is 20.9. The molecule has 1 aliphatic carbocycles. The Morgan fingerprint density at radius 2 is 0.905 bits per heavy atom. The number of ether oxygens (including phenoxy) is 1. The lowest BCUT2D eigenvalue weighted by molar-refractivity contribution is 0.0513. The van der Waals surface area contributed by atoms with E-state index in [2.05, 4.69) is 231 Å². The minimum absolute atomic E-state index is 0.324. The summed E-state index contributed by atoms with van der Waals surface area (Å²) in [6, 6.07) is 0.680. The van der Waals surface area contributed by atoms with Crippen LogP contribution in [0.1, 0.15) is 150 Å². The molecule has 0 aromatic heterocycles. The first-order chi connectivity index (χ1) is 35.0. The Labute approximate surface area is 486 Å². The van der Waals surface area contributed by atoms with Crippen molar-refractivity contribution in [2.75, 3.05) is 129 Å². The molecule has 1 aliphatic rings. The molecule has 0 heterocycles. The van der Waals surface area contributed by atoms with Crippen molar-refractivity contribution in [3.05, 3.63) is 6.08 Å². The second-order valence-corrected chi connectivity index (χ2v) is 22.0. The van der Waals surface area contributed by atoms with E-state index in [1.807, 2.05) is 26.8 Å². The molecule has 1 N–H and O–H groups in total. The number of alkyl carbamates (subject to hydrolysis) is 1. The van der Waals surface area contributed by atoms with Crippen LogP contribution in [0, 0.1) is 11.8 Å². The molecule has 74 heavy (non-hydrogen) atoms. The van der Waals surface area contributed by atoms with Crippen LogP contribution in [0.2, 0.25) is 0 Å². The van der Waals surface area contributed by atoms with Crippen LogP contribution in [0.15, 0.2) is 31.0 Å². The molecule has 0 aromatic carbocycles. The molecule has 0 radical (unpaired) electrons. The second-order valence-electron chi connectivity index (χ2n) is 20.9. The first-order valence-corrected chi connectivity index (χ1v) is 29.2. The van der Waals surface area contributed by atoms with E-state index in [1.165, 1.54) is 83.7 Å². The van der Waals surface area contributed by atoms with Gasteiger partial charge in [-0.3, -0.25) is 0 Å². The van der Waals surface area contributed by atoms with Gasteiger partial charge in [0.1, 0.15) is 5.60 Å². The fraction of sp³-hybridized carbons (Fsp3) is 0.855. The number of isothiocyanates is 5. The number of rotatable bonds is 32. The molecule has 1 rings (SSSR count). The molecule has 4 atom stereocenters. The Morgan fingerprint density at radius 1 is 0.554 bits per heavy atom. The maximum Gasteiger partial charge on any atom is 0.407 e. The number of hydrogen-bond donors (Lipinski definition) is 1. The molecular weight excluding hydrogens is 1040 g/mol. The van der Waals surface area contributed by atoms with E-state index >= 15 is 0 Å². The average Bonchev–Trinajstić information content (AvgIpc) is 3.31. The molecule has 19 heteroatoms. The number of carbonyl (C=O) groups is 1. The van der Waals surface area contributed by atoms with Crippen molar-refractivity contribution in [3.8, 4) is 0 Å². The van der Waals surface area contributed by atoms with Gasteiger partial charge in [-0.05, 0) is 313 Å². The number of amides is 1. The number of nitrogens with zero attached hydrogens (tertiary/aromatic N) is 10. The Hall–Kier alpha value is -2.06. The van der Waals surface area contributed by atoms with Gasteiger partial charge in [0.05, 0.1) is 37.9 Å². The number of thiocarbonyl (C=S) groups is 6. The molecule has 428 valence electrons. The maximum absolute atomic E-state index is 11.5. The van der Waals surface area contributed by atoms with Crippen molar-refractivity contribution in [2.24, 2.45) is 36.8 Å². The molecule has 1 fully saturated rings. The summed E-state index contributed by atoms with van der Waals surface area (Å²) in [5.74, 6) is 1.05. The van der Waals surface area contributed by atoms with Crippen LogP contribution in [0.25, 0.3) is 0 Å². The summed E-state index contributed by atoms with van der Waals surface area (Å²) in [5.41, 5.74) is -0.431. The SMILES string of the molecule is CC(C)(C)OC(=O)NCC1CCCC(C=C=S)C1.CN(C)CCCCCCCN=C=S.CN(C)CCCCCN=C=S.CN(C)CCCCN=C=S.C[C@@H](CCCN(C)C)N=C=S.C[C@H](CCCN(C)C)N=C=S. The predicted octanol–water partition coefficient (Wildman–Crippen LogP) is 13.0. The molecule has 0 saturated heterocycles.